The molecule has 2 aromatic heterocycles. The highest BCUT2D eigenvalue weighted by molar-refractivity contribution is 9.10. The van der Waals surface area contributed by atoms with Crippen molar-refractivity contribution in [3.05, 3.63) is 58.6 Å². The van der Waals surface area contributed by atoms with Gasteiger partial charge in [-0.2, -0.15) is 10.2 Å². The van der Waals surface area contributed by atoms with Crippen molar-refractivity contribution < 1.29 is 23.9 Å². The van der Waals surface area contributed by atoms with Crippen LogP contribution < -0.4 is 10.1 Å². The predicted octanol–water partition coefficient (Wildman–Crippen LogP) is 3.30. The molecule has 0 aliphatic carbocycles. The normalized spacial score (nSPS) is 14.2. The molecule has 3 heterocycles. The Morgan fingerprint density at radius 1 is 1.05 bits per heavy atom. The summed E-state index contributed by atoms with van der Waals surface area (Å²) < 4.78 is 14.7. The van der Waals surface area contributed by atoms with E-state index in [2.05, 4.69) is 31.4 Å². The lowest BCUT2D eigenvalue weighted by Crippen LogP contribution is -2.52. The van der Waals surface area contributed by atoms with Crippen LogP contribution in [0.4, 0.5) is 10.5 Å². The Labute approximate surface area is 228 Å². The number of carbonyl (C=O) groups is 3. The summed E-state index contributed by atoms with van der Waals surface area (Å²) in [5.41, 5.74) is 1.28. The molecule has 1 aliphatic rings. The van der Waals surface area contributed by atoms with Gasteiger partial charge in [0.05, 0.1) is 18.0 Å². The summed E-state index contributed by atoms with van der Waals surface area (Å²) in [5.74, 6) is 0.171. The van der Waals surface area contributed by atoms with Crippen LogP contribution in [-0.2, 0) is 16.3 Å². The molecule has 202 valence electrons. The minimum atomic E-state index is -0.580. The Kier molecular flexibility index (Phi) is 8.66. The van der Waals surface area contributed by atoms with Gasteiger partial charge in [0.25, 0.3) is 5.91 Å². The van der Waals surface area contributed by atoms with E-state index in [1.807, 2.05) is 24.3 Å². The molecular weight excluding hydrogens is 558 g/mol. The van der Waals surface area contributed by atoms with Crippen molar-refractivity contribution >= 4 is 39.5 Å². The fourth-order valence-corrected chi connectivity index (χ4v) is 4.18. The van der Waals surface area contributed by atoms with Crippen molar-refractivity contribution in [3.8, 4) is 5.75 Å². The topological polar surface area (TPSA) is 124 Å². The molecule has 0 saturated carbocycles. The number of halogens is 1. The number of aromatic nitrogens is 4. The third-order valence-corrected chi connectivity index (χ3v) is 6.62. The Morgan fingerprint density at radius 3 is 2.42 bits per heavy atom. The first-order valence-electron chi connectivity index (χ1n) is 12.2. The largest absolute Gasteiger partial charge is 0.471 e. The minimum absolute atomic E-state index is 0.113. The first-order valence-corrected chi connectivity index (χ1v) is 13.0. The van der Waals surface area contributed by atoms with E-state index in [0.717, 1.165) is 4.47 Å². The van der Waals surface area contributed by atoms with Gasteiger partial charge in [0.15, 0.2) is 12.4 Å². The van der Waals surface area contributed by atoms with Crippen LogP contribution in [-0.4, -0.2) is 80.1 Å². The number of hydrogen-bond acceptors (Lipinski definition) is 7. The van der Waals surface area contributed by atoms with E-state index in [1.54, 1.807) is 49.0 Å². The lowest BCUT2D eigenvalue weighted by atomic mass is 10.2. The standard InChI is InChI=1S/C25H30BrN7O5/c1-4-37-25(36)31-13-11-30(12-14-31)24(35)18(3)33-15-22(17(2)28-33)27-23(34)21-9-10-32(29-21)16-38-20-7-5-19(26)6-8-20/h5-10,15,18H,4,11-14,16H2,1-3H3,(H,27,34). The molecule has 1 aromatic carbocycles. The molecule has 3 amide bonds. The molecule has 1 fully saturated rings. The second-order valence-electron chi connectivity index (χ2n) is 8.72. The van der Waals surface area contributed by atoms with Crippen LogP contribution in [0.1, 0.15) is 36.1 Å². The van der Waals surface area contributed by atoms with Crippen LogP contribution in [0, 0.1) is 6.92 Å². The average Bonchev–Trinajstić information content (AvgIpc) is 3.54. The zero-order valence-electron chi connectivity index (χ0n) is 21.5. The minimum Gasteiger partial charge on any atom is -0.471 e. The number of ether oxygens (including phenoxy) is 2. The van der Waals surface area contributed by atoms with Crippen LogP contribution in [0.5, 0.6) is 5.75 Å². The van der Waals surface area contributed by atoms with Gasteiger partial charge in [-0.3, -0.25) is 14.3 Å². The van der Waals surface area contributed by atoms with Crippen LogP contribution in [0.3, 0.4) is 0 Å². The maximum absolute atomic E-state index is 13.1. The quantitative estimate of drug-likeness (QED) is 0.428. The van der Waals surface area contributed by atoms with E-state index < -0.39 is 11.9 Å². The third kappa shape index (κ3) is 6.52. The van der Waals surface area contributed by atoms with Gasteiger partial charge in [0.1, 0.15) is 11.8 Å². The molecule has 0 spiro atoms. The first-order chi connectivity index (χ1) is 18.2. The highest BCUT2D eigenvalue weighted by Crippen LogP contribution is 2.20. The number of benzene rings is 1. The molecule has 1 N–H and O–H groups in total. The van der Waals surface area contributed by atoms with E-state index in [-0.39, 0.29) is 24.4 Å². The molecule has 1 atom stereocenters. The zero-order chi connectivity index (χ0) is 27.2. The fraction of sp³-hybridized carbons (Fsp3) is 0.400. The number of carbonyl (C=O) groups excluding carboxylic acids is 3. The van der Waals surface area contributed by atoms with Crippen molar-refractivity contribution in [2.75, 3.05) is 38.1 Å². The van der Waals surface area contributed by atoms with E-state index in [1.165, 1.54) is 9.36 Å². The number of aryl methyl sites for hydroxylation is 1. The van der Waals surface area contributed by atoms with Gasteiger partial charge in [0, 0.05) is 43.0 Å². The summed E-state index contributed by atoms with van der Waals surface area (Å²) in [4.78, 5) is 41.1. The smallest absolute Gasteiger partial charge is 0.409 e. The van der Waals surface area contributed by atoms with Crippen molar-refractivity contribution in [3.63, 3.8) is 0 Å². The highest BCUT2D eigenvalue weighted by Gasteiger charge is 2.29. The summed E-state index contributed by atoms with van der Waals surface area (Å²) in [6.45, 7) is 7.40. The van der Waals surface area contributed by atoms with Gasteiger partial charge in [-0.05, 0) is 51.1 Å². The van der Waals surface area contributed by atoms with E-state index in [4.69, 9.17) is 9.47 Å². The summed E-state index contributed by atoms with van der Waals surface area (Å²) in [5, 5.41) is 11.5. The molecule has 4 rings (SSSR count). The molecule has 12 nitrogen and oxygen atoms in total. The second-order valence-corrected chi connectivity index (χ2v) is 9.63. The second kappa shape index (κ2) is 12.1. The molecule has 3 aromatic rings. The summed E-state index contributed by atoms with van der Waals surface area (Å²) in [6.07, 6.45) is 2.93. The molecule has 38 heavy (non-hydrogen) atoms. The van der Waals surface area contributed by atoms with Crippen molar-refractivity contribution in [1.82, 2.24) is 29.4 Å². The van der Waals surface area contributed by atoms with Crippen LogP contribution in [0.25, 0.3) is 0 Å². The van der Waals surface area contributed by atoms with Gasteiger partial charge in [-0.25, -0.2) is 9.48 Å². The monoisotopic (exact) mass is 587 g/mol. The van der Waals surface area contributed by atoms with Crippen molar-refractivity contribution in [1.29, 1.82) is 0 Å². The molecule has 1 saturated heterocycles. The molecular formula is C25H30BrN7O5. The third-order valence-electron chi connectivity index (χ3n) is 6.09. The van der Waals surface area contributed by atoms with Crippen LogP contribution in [0.15, 0.2) is 47.2 Å². The first kappa shape index (κ1) is 27.2. The van der Waals surface area contributed by atoms with E-state index >= 15 is 0 Å². The number of anilines is 1. The predicted molar refractivity (Wildman–Crippen MR) is 142 cm³/mol. The Hall–Kier alpha value is -3.87. The van der Waals surface area contributed by atoms with Gasteiger partial charge in [0.2, 0.25) is 5.91 Å². The molecule has 1 aliphatic heterocycles. The Bertz CT molecular complexity index is 1280. The van der Waals surface area contributed by atoms with Gasteiger partial charge >= 0.3 is 6.09 Å². The van der Waals surface area contributed by atoms with Crippen molar-refractivity contribution in [2.45, 2.75) is 33.5 Å². The average molecular weight is 588 g/mol. The number of nitrogens with one attached hydrogen (secondary N) is 1. The van der Waals surface area contributed by atoms with E-state index in [0.29, 0.717) is 49.9 Å². The van der Waals surface area contributed by atoms with Crippen LogP contribution in [0.2, 0.25) is 0 Å². The highest BCUT2D eigenvalue weighted by atomic mass is 79.9. The maximum Gasteiger partial charge on any atom is 0.409 e. The van der Waals surface area contributed by atoms with Crippen LogP contribution >= 0.6 is 15.9 Å². The SMILES string of the molecule is CCOC(=O)N1CCN(C(=O)C(C)n2cc(NC(=O)c3ccn(COc4ccc(Br)cc4)n3)c(C)n2)CC1. The van der Waals surface area contributed by atoms with Crippen molar-refractivity contribution in [2.24, 2.45) is 0 Å². The molecule has 13 heteroatoms. The number of hydrogen-bond donors (Lipinski definition) is 1. The molecule has 0 radical (unpaired) electrons. The van der Waals surface area contributed by atoms with Gasteiger partial charge in [-0.1, -0.05) is 15.9 Å². The maximum atomic E-state index is 13.1. The van der Waals surface area contributed by atoms with Gasteiger partial charge < -0.3 is 24.6 Å². The molecule has 0 bridgehead atoms. The number of piperazine rings is 1. The summed E-state index contributed by atoms with van der Waals surface area (Å²) >= 11 is 3.38. The molecule has 1 unspecified atom stereocenters. The number of rotatable bonds is 8. The lowest BCUT2D eigenvalue weighted by molar-refractivity contribution is -0.136. The lowest BCUT2D eigenvalue weighted by Gasteiger charge is -2.35. The number of amides is 3. The Balaban J connectivity index is 1.32. The number of nitrogens with zero attached hydrogens (tertiary/aromatic N) is 6. The summed E-state index contributed by atoms with van der Waals surface area (Å²) in [6, 6.07) is 8.43. The zero-order valence-corrected chi connectivity index (χ0v) is 23.0. The fourth-order valence-electron chi connectivity index (χ4n) is 3.92. The summed E-state index contributed by atoms with van der Waals surface area (Å²) in [7, 11) is 0. The van der Waals surface area contributed by atoms with E-state index in [9.17, 15) is 14.4 Å². The Morgan fingerprint density at radius 2 is 1.74 bits per heavy atom. The van der Waals surface area contributed by atoms with Gasteiger partial charge in [-0.15, -0.1) is 0 Å².